The van der Waals surface area contributed by atoms with Crippen LogP contribution in [0, 0.1) is 19.3 Å². The molecule has 0 aromatic heterocycles. The highest BCUT2D eigenvalue weighted by Crippen LogP contribution is 2.36. The van der Waals surface area contributed by atoms with Crippen LogP contribution in [0.2, 0.25) is 0 Å². The molecule has 2 saturated heterocycles. The smallest absolute Gasteiger partial charge is 0.247 e. The van der Waals surface area contributed by atoms with Crippen molar-refractivity contribution in [1.82, 2.24) is 20.0 Å². The summed E-state index contributed by atoms with van der Waals surface area (Å²) in [7, 11) is 1.67. The van der Waals surface area contributed by atoms with E-state index in [4.69, 9.17) is 15.9 Å². The van der Waals surface area contributed by atoms with Gasteiger partial charge in [-0.15, -0.1) is 18.2 Å². The summed E-state index contributed by atoms with van der Waals surface area (Å²) in [5.74, 6) is 2.53. The van der Waals surface area contributed by atoms with Crippen LogP contribution in [0.5, 0.6) is 5.75 Å². The molecule has 2 heterocycles. The predicted octanol–water partition coefficient (Wildman–Crippen LogP) is 1.33. The zero-order valence-corrected chi connectivity index (χ0v) is 30.3. The summed E-state index contributed by atoms with van der Waals surface area (Å²) in [5, 5.41) is 34.1. The SMILES string of the molecule is C#CCN(C)C(=O)CN1CCN(C(=O)C(C)(C)NC(=O)CCOc2ccc(Cc3cc([C@@H]4O[C@H](SC)[C@@H](O)[C@H](O)[C@H]4O)ccc3C)cc2)CC1. The van der Waals surface area contributed by atoms with Crippen molar-refractivity contribution in [3.8, 4) is 18.1 Å². The number of hydrogen-bond donors (Lipinski definition) is 4. The lowest BCUT2D eigenvalue weighted by Crippen LogP contribution is -2.60. The van der Waals surface area contributed by atoms with Gasteiger partial charge in [-0.2, -0.15) is 0 Å². The van der Waals surface area contributed by atoms with Crippen molar-refractivity contribution < 1.29 is 39.2 Å². The maximum atomic E-state index is 13.2. The van der Waals surface area contributed by atoms with Gasteiger partial charge in [-0.25, -0.2) is 0 Å². The van der Waals surface area contributed by atoms with Crippen LogP contribution >= 0.6 is 11.8 Å². The molecule has 0 bridgehead atoms. The first-order valence-electron chi connectivity index (χ1n) is 16.8. The number of hydrogen-bond acceptors (Lipinski definition) is 10. The fourth-order valence-electron chi connectivity index (χ4n) is 6.07. The maximum absolute atomic E-state index is 13.2. The lowest BCUT2D eigenvalue weighted by molar-refractivity contribution is -0.200. The number of benzene rings is 2. The monoisotopic (exact) mass is 710 g/mol. The second kappa shape index (κ2) is 17.5. The summed E-state index contributed by atoms with van der Waals surface area (Å²) in [6, 6.07) is 13.4. The summed E-state index contributed by atoms with van der Waals surface area (Å²) >= 11 is 1.28. The number of likely N-dealkylation sites (N-methyl/N-ethyl adjacent to an activating group) is 1. The molecule has 0 saturated carbocycles. The zero-order chi connectivity index (χ0) is 36.6. The molecule has 5 atom stereocenters. The Morgan fingerprint density at radius 3 is 2.38 bits per heavy atom. The minimum absolute atomic E-state index is 0.0623. The van der Waals surface area contributed by atoms with E-state index in [0.717, 1.165) is 22.3 Å². The molecule has 2 aromatic carbocycles. The molecule has 4 rings (SSSR count). The predicted molar refractivity (Wildman–Crippen MR) is 191 cm³/mol. The molecule has 12 nitrogen and oxygen atoms in total. The van der Waals surface area contributed by atoms with E-state index in [0.29, 0.717) is 38.3 Å². The molecule has 2 fully saturated rings. The highest BCUT2D eigenvalue weighted by Gasteiger charge is 2.44. The topological polar surface area (TPSA) is 152 Å². The molecule has 272 valence electrons. The van der Waals surface area contributed by atoms with E-state index < -0.39 is 35.4 Å². The number of ether oxygens (including phenoxy) is 2. The van der Waals surface area contributed by atoms with Crippen LogP contribution in [0.15, 0.2) is 42.5 Å². The zero-order valence-electron chi connectivity index (χ0n) is 29.5. The van der Waals surface area contributed by atoms with Gasteiger partial charge in [0.25, 0.3) is 0 Å². The Bertz CT molecular complexity index is 1520. The van der Waals surface area contributed by atoms with Crippen LogP contribution in [-0.4, -0.2) is 136 Å². The van der Waals surface area contributed by atoms with Crippen molar-refractivity contribution >= 4 is 29.5 Å². The quantitative estimate of drug-likeness (QED) is 0.224. The van der Waals surface area contributed by atoms with Gasteiger partial charge < -0.3 is 39.9 Å². The third-order valence-electron chi connectivity index (χ3n) is 9.18. The summed E-state index contributed by atoms with van der Waals surface area (Å²) in [6.45, 7) is 8.05. The highest BCUT2D eigenvalue weighted by molar-refractivity contribution is 7.99. The third-order valence-corrected chi connectivity index (χ3v) is 10.0. The number of thioether (sulfide) groups is 1. The first-order chi connectivity index (χ1) is 23.7. The molecule has 4 N–H and O–H groups in total. The molecule has 2 aromatic rings. The lowest BCUT2D eigenvalue weighted by Gasteiger charge is -2.40. The summed E-state index contributed by atoms with van der Waals surface area (Å²) in [6.07, 6.45) is 3.24. The number of aliphatic hydroxyl groups excluding tert-OH is 3. The number of amides is 3. The Morgan fingerprint density at radius 2 is 1.74 bits per heavy atom. The summed E-state index contributed by atoms with van der Waals surface area (Å²) in [4.78, 5) is 43.5. The molecule has 0 spiro atoms. The van der Waals surface area contributed by atoms with Crippen LogP contribution < -0.4 is 10.1 Å². The van der Waals surface area contributed by atoms with Crippen LogP contribution in [-0.2, 0) is 25.5 Å². The van der Waals surface area contributed by atoms with E-state index in [1.807, 2.05) is 54.3 Å². The van der Waals surface area contributed by atoms with Gasteiger partial charge in [0.05, 0.1) is 26.1 Å². The number of rotatable bonds is 13. The van der Waals surface area contributed by atoms with Gasteiger partial charge in [0, 0.05) is 33.2 Å². The van der Waals surface area contributed by atoms with Gasteiger partial charge in [0.15, 0.2) is 0 Å². The fourth-order valence-corrected chi connectivity index (χ4v) is 6.74. The van der Waals surface area contributed by atoms with E-state index >= 15 is 0 Å². The first-order valence-corrected chi connectivity index (χ1v) is 18.1. The Morgan fingerprint density at radius 1 is 1.06 bits per heavy atom. The van der Waals surface area contributed by atoms with Crippen molar-refractivity contribution in [1.29, 1.82) is 0 Å². The average molecular weight is 711 g/mol. The summed E-state index contributed by atoms with van der Waals surface area (Å²) in [5.41, 5.74) is 2.10. The molecular formula is C37H50N4O8S. The third kappa shape index (κ3) is 9.99. The molecule has 0 aliphatic carbocycles. The Labute approximate surface area is 299 Å². The first kappa shape index (κ1) is 39.2. The molecule has 2 aliphatic heterocycles. The molecule has 13 heteroatoms. The minimum atomic E-state index is -1.31. The number of terminal acetylenes is 1. The second-order valence-electron chi connectivity index (χ2n) is 13.4. The fraction of sp³-hybridized carbons (Fsp3) is 0.541. The van der Waals surface area contributed by atoms with Crippen molar-refractivity contribution in [3.05, 3.63) is 64.7 Å². The van der Waals surface area contributed by atoms with Crippen molar-refractivity contribution in [2.75, 3.05) is 59.2 Å². The summed E-state index contributed by atoms with van der Waals surface area (Å²) < 4.78 is 11.8. The molecule has 2 aliphatic rings. The van der Waals surface area contributed by atoms with Gasteiger partial charge in [0.1, 0.15) is 41.1 Å². The van der Waals surface area contributed by atoms with Gasteiger partial charge in [-0.1, -0.05) is 36.3 Å². The van der Waals surface area contributed by atoms with E-state index in [2.05, 4.69) is 11.2 Å². The highest BCUT2D eigenvalue weighted by atomic mass is 32.2. The number of carbonyl (C=O) groups excluding carboxylic acids is 3. The second-order valence-corrected chi connectivity index (χ2v) is 14.4. The molecular weight excluding hydrogens is 660 g/mol. The number of piperazine rings is 1. The van der Waals surface area contributed by atoms with Gasteiger partial charge in [-0.05, 0) is 67.8 Å². The van der Waals surface area contributed by atoms with Crippen molar-refractivity contribution in [2.24, 2.45) is 0 Å². The van der Waals surface area contributed by atoms with Gasteiger partial charge in [0.2, 0.25) is 17.7 Å². The number of carbonyl (C=O) groups is 3. The average Bonchev–Trinajstić information content (AvgIpc) is 3.09. The van der Waals surface area contributed by atoms with Crippen LogP contribution in [0.3, 0.4) is 0 Å². The number of nitrogens with zero attached hydrogens (tertiary/aromatic N) is 3. The Hall–Kier alpha value is -3.64. The van der Waals surface area contributed by atoms with E-state index in [1.165, 1.54) is 16.7 Å². The van der Waals surface area contributed by atoms with E-state index in [1.54, 1.807) is 32.1 Å². The van der Waals surface area contributed by atoms with Gasteiger partial charge in [-0.3, -0.25) is 19.3 Å². The minimum Gasteiger partial charge on any atom is -0.493 e. The van der Waals surface area contributed by atoms with Crippen molar-refractivity contribution in [3.63, 3.8) is 0 Å². The number of aliphatic hydroxyl groups is 3. The van der Waals surface area contributed by atoms with E-state index in [9.17, 15) is 29.7 Å². The molecule has 0 unspecified atom stereocenters. The number of nitrogens with one attached hydrogen (secondary N) is 1. The van der Waals surface area contributed by atoms with Crippen molar-refractivity contribution in [2.45, 2.75) is 69.0 Å². The normalized spacial score (nSPS) is 22.8. The Kier molecular flexibility index (Phi) is 13.7. The number of aryl methyl sites for hydroxylation is 1. The van der Waals surface area contributed by atoms with Crippen LogP contribution in [0.4, 0.5) is 0 Å². The van der Waals surface area contributed by atoms with Crippen LogP contribution in [0.25, 0.3) is 0 Å². The standard InChI is InChI=1S/C37H50N4O8S/c1-7-15-39(5)30(43)23-40-16-18-41(19-17-40)36(47)37(3,4)38-29(42)14-20-48-28-12-9-25(10-13-28)21-27-22-26(11-8-24(27)2)34-32(45)31(44)33(46)35(49-34)50-6/h1,8-13,22,31-35,44-46H,14-21,23H2,2-6H3,(H,38,42)/t31-,32-,33+,34+,35-/m1/s1. The lowest BCUT2D eigenvalue weighted by atomic mass is 9.91. The molecule has 0 radical (unpaired) electrons. The van der Waals surface area contributed by atoms with E-state index in [-0.39, 0.29) is 43.8 Å². The maximum Gasteiger partial charge on any atom is 0.247 e. The Balaban J connectivity index is 1.23. The molecule has 3 amide bonds. The largest absolute Gasteiger partial charge is 0.493 e. The van der Waals surface area contributed by atoms with Gasteiger partial charge >= 0.3 is 0 Å². The molecule has 50 heavy (non-hydrogen) atoms. The van der Waals surface area contributed by atoms with Crippen LogP contribution in [0.1, 0.15) is 48.6 Å².